The van der Waals surface area contributed by atoms with Crippen molar-refractivity contribution in [3.63, 3.8) is 0 Å². The molecule has 2 N–H and O–H groups in total. The predicted molar refractivity (Wildman–Crippen MR) is 169 cm³/mol. The summed E-state index contributed by atoms with van der Waals surface area (Å²) in [6.45, 7) is 7.70. The van der Waals surface area contributed by atoms with Crippen molar-refractivity contribution in [1.82, 2.24) is 9.88 Å². The Morgan fingerprint density at radius 3 is 2.42 bits per heavy atom. The van der Waals surface area contributed by atoms with Gasteiger partial charge in [0.2, 0.25) is 0 Å². The van der Waals surface area contributed by atoms with Gasteiger partial charge in [-0.25, -0.2) is 9.69 Å². The molecule has 1 saturated heterocycles. The number of aryl methyl sites for hydroxylation is 4. The molecule has 1 aliphatic carbocycles. The molecular formula is C34H32N4O4S. The fourth-order valence-corrected chi connectivity index (χ4v) is 7.31. The number of carbonyl (C=O) groups excluding carboxylic acids is 4. The Labute approximate surface area is 254 Å². The summed E-state index contributed by atoms with van der Waals surface area (Å²) in [4.78, 5) is 55.2. The van der Waals surface area contributed by atoms with Crippen molar-refractivity contribution >= 4 is 52.5 Å². The van der Waals surface area contributed by atoms with Crippen LogP contribution in [0.3, 0.4) is 0 Å². The molecule has 0 bridgehead atoms. The maximum Gasteiger partial charge on any atom is 0.335 e. The minimum absolute atomic E-state index is 0.134. The number of para-hydroxylation sites is 1. The zero-order valence-corrected chi connectivity index (χ0v) is 25.4. The van der Waals surface area contributed by atoms with E-state index < -0.39 is 17.8 Å². The third-order valence-corrected chi connectivity index (χ3v) is 9.51. The van der Waals surface area contributed by atoms with E-state index in [1.165, 1.54) is 11.0 Å². The molecule has 9 heteroatoms. The van der Waals surface area contributed by atoms with Gasteiger partial charge in [-0.3, -0.25) is 19.7 Å². The first kappa shape index (κ1) is 28.4. The van der Waals surface area contributed by atoms with E-state index >= 15 is 0 Å². The molecular weight excluding hydrogens is 560 g/mol. The van der Waals surface area contributed by atoms with Crippen molar-refractivity contribution in [2.45, 2.75) is 53.4 Å². The summed E-state index contributed by atoms with van der Waals surface area (Å²) in [7, 11) is 0. The molecule has 0 unspecified atom stereocenters. The van der Waals surface area contributed by atoms with Crippen molar-refractivity contribution < 1.29 is 19.2 Å². The Morgan fingerprint density at radius 2 is 1.67 bits per heavy atom. The van der Waals surface area contributed by atoms with E-state index in [1.807, 2.05) is 74.7 Å². The Balaban J connectivity index is 1.41. The van der Waals surface area contributed by atoms with Gasteiger partial charge in [0, 0.05) is 22.0 Å². The number of thiophene rings is 1. The van der Waals surface area contributed by atoms with Gasteiger partial charge in [-0.05, 0) is 112 Å². The lowest BCUT2D eigenvalue weighted by atomic mass is 9.95. The highest BCUT2D eigenvalue weighted by Crippen LogP contribution is 2.39. The molecule has 2 aromatic heterocycles. The number of urea groups is 1. The monoisotopic (exact) mass is 592 g/mol. The van der Waals surface area contributed by atoms with Crippen LogP contribution in [0.1, 0.15) is 61.7 Å². The summed E-state index contributed by atoms with van der Waals surface area (Å²) < 4.78 is 2.03. The highest BCUT2D eigenvalue weighted by atomic mass is 32.1. The number of hydrogen-bond acceptors (Lipinski definition) is 5. The highest BCUT2D eigenvalue weighted by Gasteiger charge is 2.37. The molecule has 0 atom stereocenters. The SMILES string of the molecule is Cc1ccc(N2C(=O)NC(=O)/C(=C\c3cc(C)n(-c4sc5c(c4C(=O)Nc4ccccc4)CCCC5)c3C)C2=O)cc1C. The second-order valence-electron chi connectivity index (χ2n) is 11.1. The number of anilines is 2. The second-order valence-corrected chi connectivity index (χ2v) is 12.2. The number of benzene rings is 2. The second kappa shape index (κ2) is 11.1. The van der Waals surface area contributed by atoms with Gasteiger partial charge < -0.3 is 9.88 Å². The summed E-state index contributed by atoms with van der Waals surface area (Å²) in [5, 5.41) is 6.21. The first-order valence-electron chi connectivity index (χ1n) is 14.3. The van der Waals surface area contributed by atoms with Crippen LogP contribution < -0.4 is 15.5 Å². The topological polar surface area (TPSA) is 101 Å². The van der Waals surface area contributed by atoms with E-state index in [1.54, 1.807) is 23.5 Å². The zero-order chi connectivity index (χ0) is 30.4. The van der Waals surface area contributed by atoms with Crippen LogP contribution in [0.4, 0.5) is 16.2 Å². The Hall–Kier alpha value is -4.76. The number of barbiturate groups is 1. The number of carbonyl (C=O) groups is 4. The maximum absolute atomic E-state index is 13.8. The molecule has 218 valence electrons. The van der Waals surface area contributed by atoms with Crippen LogP contribution in [0.15, 0.2) is 60.2 Å². The Morgan fingerprint density at radius 1 is 0.930 bits per heavy atom. The molecule has 1 fully saturated rings. The van der Waals surface area contributed by atoms with Crippen molar-refractivity contribution in [3.05, 3.63) is 104 Å². The van der Waals surface area contributed by atoms with Crippen molar-refractivity contribution in [2.24, 2.45) is 0 Å². The van der Waals surface area contributed by atoms with Crippen LogP contribution in [-0.2, 0) is 22.4 Å². The molecule has 5 amide bonds. The molecule has 0 spiro atoms. The average Bonchev–Trinajstić information content (AvgIpc) is 3.49. The lowest BCUT2D eigenvalue weighted by Gasteiger charge is -2.26. The molecule has 1 aliphatic heterocycles. The quantitative estimate of drug-likeness (QED) is 0.202. The van der Waals surface area contributed by atoms with Crippen molar-refractivity contribution in [1.29, 1.82) is 0 Å². The summed E-state index contributed by atoms with van der Waals surface area (Å²) in [6.07, 6.45) is 5.42. The number of fused-ring (bicyclic) bond motifs is 1. The molecule has 4 aromatic rings. The minimum atomic E-state index is -0.779. The Kier molecular flexibility index (Phi) is 7.35. The molecule has 0 radical (unpaired) electrons. The van der Waals surface area contributed by atoms with Gasteiger partial charge in [-0.15, -0.1) is 11.3 Å². The zero-order valence-electron chi connectivity index (χ0n) is 24.5. The van der Waals surface area contributed by atoms with E-state index in [0.717, 1.165) is 69.3 Å². The first-order valence-corrected chi connectivity index (χ1v) is 15.1. The standard InChI is InChI=1S/C34H32N4O4S/c1-19-14-15-25(16-20(19)2)38-32(41)27(30(39)36-34(38)42)18-23-17-21(3)37(22(23)4)33-29(26-12-8-9-13-28(26)43-33)31(40)35-24-10-6-5-7-11-24/h5-7,10-11,14-18H,8-9,12-13H2,1-4H3,(H,35,40)(H,36,39,42)/b27-18+. The lowest BCUT2D eigenvalue weighted by Crippen LogP contribution is -2.54. The van der Waals surface area contributed by atoms with Gasteiger partial charge >= 0.3 is 6.03 Å². The van der Waals surface area contributed by atoms with Crippen LogP contribution in [0.2, 0.25) is 0 Å². The number of amides is 5. The predicted octanol–water partition coefficient (Wildman–Crippen LogP) is 6.57. The summed E-state index contributed by atoms with van der Waals surface area (Å²) in [5.74, 6) is -1.58. The fourth-order valence-electron chi connectivity index (χ4n) is 5.82. The number of imide groups is 2. The van der Waals surface area contributed by atoms with Crippen LogP contribution in [0.25, 0.3) is 11.1 Å². The van der Waals surface area contributed by atoms with Gasteiger partial charge in [-0.1, -0.05) is 24.3 Å². The van der Waals surface area contributed by atoms with Crippen LogP contribution >= 0.6 is 11.3 Å². The van der Waals surface area contributed by atoms with Crippen LogP contribution in [0, 0.1) is 27.7 Å². The number of rotatable bonds is 5. The normalized spacial score (nSPS) is 16.0. The summed E-state index contributed by atoms with van der Waals surface area (Å²) in [6, 6.07) is 15.8. The van der Waals surface area contributed by atoms with Gasteiger partial charge in [0.25, 0.3) is 17.7 Å². The van der Waals surface area contributed by atoms with Crippen molar-refractivity contribution in [3.8, 4) is 5.00 Å². The van der Waals surface area contributed by atoms with Gasteiger partial charge in [-0.2, -0.15) is 0 Å². The van der Waals surface area contributed by atoms with E-state index in [9.17, 15) is 19.2 Å². The first-order chi connectivity index (χ1) is 20.6. The molecule has 43 heavy (non-hydrogen) atoms. The van der Waals surface area contributed by atoms with E-state index in [-0.39, 0.29) is 11.5 Å². The fraction of sp³-hybridized carbons (Fsp3) is 0.235. The van der Waals surface area contributed by atoms with Gasteiger partial charge in [0.1, 0.15) is 10.6 Å². The van der Waals surface area contributed by atoms with E-state index in [2.05, 4.69) is 10.6 Å². The maximum atomic E-state index is 13.8. The molecule has 8 nitrogen and oxygen atoms in total. The Bertz CT molecular complexity index is 1850. The molecule has 3 heterocycles. The van der Waals surface area contributed by atoms with Crippen molar-refractivity contribution in [2.75, 3.05) is 10.2 Å². The average molecular weight is 593 g/mol. The van der Waals surface area contributed by atoms with E-state index in [0.29, 0.717) is 16.8 Å². The number of nitrogens with one attached hydrogen (secondary N) is 2. The highest BCUT2D eigenvalue weighted by molar-refractivity contribution is 7.15. The van der Waals surface area contributed by atoms with Gasteiger partial charge in [0.05, 0.1) is 11.3 Å². The third-order valence-electron chi connectivity index (χ3n) is 8.24. The molecule has 2 aliphatic rings. The van der Waals surface area contributed by atoms with Gasteiger partial charge in [0.15, 0.2) is 0 Å². The number of nitrogens with zero attached hydrogens (tertiary/aromatic N) is 2. The van der Waals surface area contributed by atoms with Crippen LogP contribution in [0.5, 0.6) is 0 Å². The molecule has 0 saturated carbocycles. The largest absolute Gasteiger partial charge is 0.335 e. The third kappa shape index (κ3) is 5.10. The molecule has 6 rings (SSSR count). The van der Waals surface area contributed by atoms with Crippen LogP contribution in [-0.4, -0.2) is 28.3 Å². The minimum Gasteiger partial charge on any atom is -0.322 e. The smallest absolute Gasteiger partial charge is 0.322 e. The summed E-state index contributed by atoms with van der Waals surface area (Å²) in [5.41, 5.74) is 7.01. The number of aromatic nitrogens is 1. The number of hydrogen-bond donors (Lipinski definition) is 2. The van der Waals surface area contributed by atoms with E-state index in [4.69, 9.17) is 0 Å². The summed E-state index contributed by atoms with van der Waals surface area (Å²) >= 11 is 1.63. The lowest BCUT2D eigenvalue weighted by molar-refractivity contribution is -0.122. The molecule has 2 aromatic carbocycles.